The highest BCUT2D eigenvalue weighted by molar-refractivity contribution is 5.77. The van der Waals surface area contributed by atoms with Crippen LogP contribution in [0.25, 0.3) is 11.0 Å². The molecule has 0 unspecified atom stereocenters. The zero-order chi connectivity index (χ0) is 14.5. The van der Waals surface area contributed by atoms with Gasteiger partial charge >= 0.3 is 0 Å². The summed E-state index contributed by atoms with van der Waals surface area (Å²) in [5, 5.41) is 3.25. The summed E-state index contributed by atoms with van der Waals surface area (Å²) in [6, 6.07) is 5.16. The van der Waals surface area contributed by atoms with Crippen LogP contribution < -0.4 is 5.32 Å². The third kappa shape index (κ3) is 3.93. The second kappa shape index (κ2) is 6.70. The highest BCUT2D eigenvalue weighted by atomic mass is 19.1. The van der Waals surface area contributed by atoms with E-state index >= 15 is 0 Å². The summed E-state index contributed by atoms with van der Waals surface area (Å²) in [6.07, 6.45) is 2.24. The van der Waals surface area contributed by atoms with E-state index in [1.165, 1.54) is 12.1 Å². The molecule has 0 spiro atoms. The number of hydrogen-bond donors (Lipinski definition) is 2. The number of benzene rings is 1. The molecule has 0 saturated heterocycles. The first-order valence-electron chi connectivity index (χ1n) is 7.15. The summed E-state index contributed by atoms with van der Waals surface area (Å²) in [4.78, 5) is 9.79. The number of imidazole rings is 1. The Balaban J connectivity index is 1.76. The van der Waals surface area contributed by atoms with E-state index in [2.05, 4.69) is 41.1 Å². The van der Waals surface area contributed by atoms with E-state index < -0.39 is 0 Å². The van der Waals surface area contributed by atoms with E-state index in [1.807, 2.05) is 0 Å². The maximum absolute atomic E-state index is 13.1. The largest absolute Gasteiger partial charge is 0.356 e. The fourth-order valence-electron chi connectivity index (χ4n) is 2.02. The third-order valence-corrected chi connectivity index (χ3v) is 3.56. The Morgan fingerprint density at radius 3 is 2.90 bits per heavy atom. The van der Waals surface area contributed by atoms with Gasteiger partial charge in [0.25, 0.3) is 0 Å². The van der Waals surface area contributed by atoms with Crippen molar-refractivity contribution in [2.75, 3.05) is 25.5 Å². The number of anilines is 1. The van der Waals surface area contributed by atoms with Crippen molar-refractivity contribution < 1.29 is 4.39 Å². The van der Waals surface area contributed by atoms with Gasteiger partial charge in [-0.3, -0.25) is 0 Å². The lowest BCUT2D eigenvalue weighted by Crippen LogP contribution is -2.27. The van der Waals surface area contributed by atoms with Gasteiger partial charge in [-0.1, -0.05) is 0 Å². The van der Waals surface area contributed by atoms with E-state index in [9.17, 15) is 4.39 Å². The summed E-state index contributed by atoms with van der Waals surface area (Å²) < 4.78 is 13.1. The number of fused-ring (bicyclic) bond motifs is 1. The smallest absolute Gasteiger partial charge is 0.201 e. The summed E-state index contributed by atoms with van der Waals surface area (Å²) in [6.45, 7) is 6.37. The Kier molecular flexibility index (Phi) is 4.95. The van der Waals surface area contributed by atoms with Crippen LogP contribution in [0.3, 0.4) is 0 Å². The highest BCUT2D eigenvalue weighted by Gasteiger charge is 2.04. The molecule has 0 bridgehead atoms. The van der Waals surface area contributed by atoms with E-state index in [-0.39, 0.29) is 5.82 Å². The molecule has 0 fully saturated rings. The van der Waals surface area contributed by atoms with Crippen LogP contribution in [0.4, 0.5) is 10.3 Å². The Morgan fingerprint density at radius 1 is 1.35 bits per heavy atom. The second-order valence-corrected chi connectivity index (χ2v) is 5.46. The molecule has 0 radical (unpaired) electrons. The number of nitrogens with zero attached hydrogens (tertiary/aromatic N) is 2. The van der Waals surface area contributed by atoms with Gasteiger partial charge in [0.15, 0.2) is 0 Å². The first-order chi connectivity index (χ1) is 9.56. The van der Waals surface area contributed by atoms with Crippen molar-refractivity contribution in [1.29, 1.82) is 0 Å². The molecule has 20 heavy (non-hydrogen) atoms. The number of aromatic amines is 1. The number of aromatic nitrogens is 2. The Hall–Kier alpha value is -1.62. The van der Waals surface area contributed by atoms with Crippen LogP contribution in [0.2, 0.25) is 0 Å². The maximum atomic E-state index is 13.1. The Labute approximate surface area is 119 Å². The minimum Gasteiger partial charge on any atom is -0.356 e. The van der Waals surface area contributed by atoms with Gasteiger partial charge in [0.05, 0.1) is 11.0 Å². The normalized spacial score (nSPS) is 11.7. The van der Waals surface area contributed by atoms with E-state index in [1.54, 1.807) is 6.07 Å². The fourth-order valence-corrected chi connectivity index (χ4v) is 2.02. The van der Waals surface area contributed by atoms with Crippen LogP contribution >= 0.6 is 0 Å². The molecule has 0 atom stereocenters. The fraction of sp³-hybridized carbons (Fsp3) is 0.533. The standard InChI is InChI=1S/C15H23FN4/c1-11(2)20(3)9-5-4-8-17-15-18-13-7-6-12(16)10-14(13)19-15/h6-7,10-11H,4-5,8-9H2,1-3H3,(H2,17,18,19). The van der Waals surface area contributed by atoms with E-state index in [4.69, 9.17) is 0 Å². The monoisotopic (exact) mass is 278 g/mol. The van der Waals surface area contributed by atoms with Gasteiger partial charge in [-0.25, -0.2) is 9.37 Å². The first kappa shape index (κ1) is 14.8. The number of unbranched alkanes of at least 4 members (excludes halogenated alkanes) is 1. The van der Waals surface area contributed by atoms with Crippen molar-refractivity contribution in [2.24, 2.45) is 0 Å². The number of rotatable bonds is 7. The lowest BCUT2D eigenvalue weighted by molar-refractivity contribution is 0.269. The van der Waals surface area contributed by atoms with Crippen LogP contribution in [0.5, 0.6) is 0 Å². The lowest BCUT2D eigenvalue weighted by Gasteiger charge is -2.20. The van der Waals surface area contributed by atoms with Crippen molar-refractivity contribution in [2.45, 2.75) is 32.7 Å². The number of hydrogen-bond acceptors (Lipinski definition) is 3. The minimum absolute atomic E-state index is 0.246. The topological polar surface area (TPSA) is 44.0 Å². The summed E-state index contributed by atoms with van der Waals surface area (Å²) in [7, 11) is 2.14. The molecule has 5 heteroatoms. The zero-order valence-electron chi connectivity index (χ0n) is 12.4. The molecule has 4 nitrogen and oxygen atoms in total. The van der Waals surface area contributed by atoms with Gasteiger partial charge < -0.3 is 15.2 Å². The van der Waals surface area contributed by atoms with Crippen LogP contribution in [0.1, 0.15) is 26.7 Å². The van der Waals surface area contributed by atoms with Crippen molar-refractivity contribution in [3.63, 3.8) is 0 Å². The average molecular weight is 278 g/mol. The molecule has 1 aromatic carbocycles. The summed E-state index contributed by atoms with van der Waals surface area (Å²) >= 11 is 0. The molecule has 0 amide bonds. The number of halogens is 1. The molecular formula is C15H23FN4. The molecule has 1 aromatic heterocycles. The maximum Gasteiger partial charge on any atom is 0.201 e. The molecule has 2 rings (SSSR count). The van der Waals surface area contributed by atoms with Crippen molar-refractivity contribution in [3.8, 4) is 0 Å². The van der Waals surface area contributed by atoms with Crippen LogP contribution in [-0.2, 0) is 0 Å². The molecule has 1 heterocycles. The second-order valence-electron chi connectivity index (χ2n) is 5.46. The van der Waals surface area contributed by atoms with E-state index in [0.29, 0.717) is 12.0 Å². The zero-order valence-corrected chi connectivity index (χ0v) is 12.4. The summed E-state index contributed by atoms with van der Waals surface area (Å²) in [5.74, 6) is 0.465. The van der Waals surface area contributed by atoms with Crippen LogP contribution in [0.15, 0.2) is 18.2 Å². The number of nitrogens with one attached hydrogen (secondary N) is 2. The molecule has 2 aromatic rings. The van der Waals surface area contributed by atoms with Gasteiger partial charge in [-0.15, -0.1) is 0 Å². The first-order valence-corrected chi connectivity index (χ1v) is 7.15. The molecule has 0 aliphatic rings. The minimum atomic E-state index is -0.246. The molecule has 110 valence electrons. The SMILES string of the molecule is CC(C)N(C)CCCCNc1nc2ccc(F)cc2[nH]1. The van der Waals surface area contributed by atoms with Crippen LogP contribution in [0, 0.1) is 5.82 Å². The van der Waals surface area contributed by atoms with E-state index in [0.717, 1.165) is 37.0 Å². The van der Waals surface area contributed by atoms with Crippen LogP contribution in [-0.4, -0.2) is 41.0 Å². The van der Waals surface area contributed by atoms with Gasteiger partial charge in [0, 0.05) is 12.6 Å². The molecule has 0 saturated carbocycles. The number of H-pyrrole nitrogens is 1. The molecular weight excluding hydrogens is 255 g/mol. The van der Waals surface area contributed by atoms with Crippen molar-refractivity contribution in [3.05, 3.63) is 24.0 Å². The predicted octanol–water partition coefficient (Wildman–Crippen LogP) is 3.23. The van der Waals surface area contributed by atoms with Gasteiger partial charge in [0.1, 0.15) is 5.82 Å². The third-order valence-electron chi connectivity index (χ3n) is 3.56. The highest BCUT2D eigenvalue weighted by Crippen LogP contribution is 2.15. The van der Waals surface area contributed by atoms with Gasteiger partial charge in [-0.2, -0.15) is 0 Å². The van der Waals surface area contributed by atoms with Crippen molar-refractivity contribution >= 4 is 17.0 Å². The Bertz CT molecular complexity index is 550. The van der Waals surface area contributed by atoms with Gasteiger partial charge in [-0.05, 0) is 58.5 Å². The average Bonchev–Trinajstić information content (AvgIpc) is 2.79. The predicted molar refractivity (Wildman–Crippen MR) is 81.5 cm³/mol. The Morgan fingerprint density at radius 2 is 2.15 bits per heavy atom. The lowest BCUT2D eigenvalue weighted by atomic mass is 10.2. The van der Waals surface area contributed by atoms with Crippen molar-refractivity contribution in [1.82, 2.24) is 14.9 Å². The molecule has 0 aliphatic carbocycles. The molecule has 2 N–H and O–H groups in total. The molecule has 0 aliphatic heterocycles. The summed E-state index contributed by atoms with van der Waals surface area (Å²) in [5.41, 5.74) is 1.51. The quantitative estimate of drug-likeness (QED) is 0.764. The van der Waals surface area contributed by atoms with Gasteiger partial charge in [0.2, 0.25) is 5.95 Å².